The molecule has 4 aromatic rings. The van der Waals surface area contributed by atoms with Crippen LogP contribution in [0, 0.1) is 10.8 Å². The summed E-state index contributed by atoms with van der Waals surface area (Å²) in [6.45, 7) is 2.67. The maximum Gasteiger partial charge on any atom is 0.275 e. The van der Waals surface area contributed by atoms with E-state index in [4.69, 9.17) is 26.7 Å². The van der Waals surface area contributed by atoms with Crippen LogP contribution in [0.15, 0.2) is 67.0 Å². The molecule has 2 atom stereocenters. The Bertz CT molecular complexity index is 2510. The number of rotatable bonds is 11. The van der Waals surface area contributed by atoms with Crippen LogP contribution in [0.25, 0.3) is 17.0 Å². The van der Waals surface area contributed by atoms with Crippen LogP contribution in [0.2, 0.25) is 5.02 Å². The molecule has 14 nitrogen and oxygen atoms in total. The van der Waals surface area contributed by atoms with Crippen molar-refractivity contribution in [2.24, 2.45) is 5.41 Å². The summed E-state index contributed by atoms with van der Waals surface area (Å²) in [5, 5.41) is 17.5. The van der Waals surface area contributed by atoms with Gasteiger partial charge in [0, 0.05) is 68.7 Å². The van der Waals surface area contributed by atoms with E-state index in [2.05, 4.69) is 25.9 Å². The molecule has 0 radical (unpaired) electrons. The van der Waals surface area contributed by atoms with E-state index in [0.29, 0.717) is 79.1 Å². The second kappa shape index (κ2) is 18.9. The summed E-state index contributed by atoms with van der Waals surface area (Å²) in [5.74, 6) is -2.76. The Balaban J connectivity index is 0.749. The first-order valence-corrected chi connectivity index (χ1v) is 23.4. The van der Waals surface area contributed by atoms with Crippen molar-refractivity contribution >= 4 is 46.5 Å². The molecule has 4 aliphatic heterocycles. The van der Waals surface area contributed by atoms with Crippen LogP contribution >= 0.6 is 11.6 Å². The molecular formula is C49H57ClF2N10O4. The number of piperidine rings is 3. The van der Waals surface area contributed by atoms with Crippen molar-refractivity contribution in [1.82, 2.24) is 40.7 Å². The molecule has 5 N–H and O–H groups in total. The lowest BCUT2D eigenvalue weighted by Crippen LogP contribution is -2.60. The molecule has 6 heterocycles. The van der Waals surface area contributed by atoms with Crippen LogP contribution in [0.5, 0.6) is 5.75 Å². The molecule has 2 unspecified atom stereocenters. The third-order valence-corrected chi connectivity index (χ3v) is 14.8. The topological polar surface area (TPSA) is 172 Å². The molecule has 66 heavy (non-hydrogen) atoms. The van der Waals surface area contributed by atoms with Crippen LogP contribution < -0.4 is 25.6 Å². The van der Waals surface area contributed by atoms with Crippen molar-refractivity contribution in [2.75, 3.05) is 51.7 Å². The van der Waals surface area contributed by atoms with E-state index in [-0.39, 0.29) is 48.0 Å². The van der Waals surface area contributed by atoms with Gasteiger partial charge in [0.25, 0.3) is 11.8 Å². The summed E-state index contributed by atoms with van der Waals surface area (Å²) in [7, 11) is 3.29. The molecule has 4 fully saturated rings. The third kappa shape index (κ3) is 9.45. The normalized spacial score (nSPS) is 22.5. The summed E-state index contributed by atoms with van der Waals surface area (Å²) >= 11 is 6.60. The maximum absolute atomic E-state index is 16.0. The Morgan fingerprint density at radius 3 is 2.45 bits per heavy atom. The fraction of sp³-hybridized carbons (Fsp3) is 0.469. The highest BCUT2D eigenvalue weighted by Crippen LogP contribution is 2.47. The van der Waals surface area contributed by atoms with Crippen LogP contribution in [0.3, 0.4) is 0 Å². The van der Waals surface area contributed by atoms with Crippen LogP contribution in [0.1, 0.15) is 96.7 Å². The van der Waals surface area contributed by atoms with Gasteiger partial charge in [-0.2, -0.15) is 0 Å². The lowest BCUT2D eigenvalue weighted by Gasteiger charge is -2.50. The number of nitrogens with zero attached hydrogens (tertiary/aromatic N) is 5. The summed E-state index contributed by atoms with van der Waals surface area (Å²) < 4.78 is 38.4. The number of aromatic amines is 1. The monoisotopic (exact) mass is 922 g/mol. The number of carbonyl (C=O) groups is 3. The molecule has 5 aliphatic rings. The standard InChI is InChI=1S/C49H57ClF2N10O4/c1-54-39(45-57-27-40(58-45)47(65)55-2)25-43(53)62-21-14-35-34(4-3-5-41(35)62)38-10-6-30(26-56-38)28-60-20-15-42(49(51,52)29-60)61-22-18-48(19-23-61)16-12-31(13-17-48)66-32-7-8-33(37(50)24-32)36-9-11-44(63)59-46(36)64/h3-8,10,24-27,31,36,42,53-54H,9,11-23,28-29H2,1-2H3,(H,55,65)(H,57,58)(H,59,63,64)/b39-25+,53-43?. The largest absolute Gasteiger partial charge is 0.490 e. The zero-order valence-electron chi connectivity index (χ0n) is 37.4. The number of pyridine rings is 1. The summed E-state index contributed by atoms with van der Waals surface area (Å²) in [6.07, 6.45) is 12.5. The van der Waals surface area contributed by atoms with Crippen molar-refractivity contribution in [3.05, 3.63) is 100 Å². The van der Waals surface area contributed by atoms with E-state index in [1.807, 2.05) is 57.2 Å². The number of alkyl halides is 2. The lowest BCUT2D eigenvalue weighted by atomic mass is 9.67. The minimum atomic E-state index is -2.84. The van der Waals surface area contributed by atoms with Gasteiger partial charge in [0.2, 0.25) is 11.8 Å². The number of hydrogen-bond donors (Lipinski definition) is 5. The molecule has 1 spiro atoms. The number of fused-ring (bicyclic) bond motifs is 1. The van der Waals surface area contributed by atoms with Crippen LogP contribution in [-0.4, -0.2) is 113 Å². The Labute approximate surface area is 388 Å². The van der Waals surface area contributed by atoms with Crippen LogP contribution in [0.4, 0.5) is 14.5 Å². The number of likely N-dealkylation sites (tertiary alicyclic amines) is 2. The predicted molar refractivity (Wildman–Crippen MR) is 249 cm³/mol. The Morgan fingerprint density at radius 1 is 0.955 bits per heavy atom. The number of anilines is 1. The minimum Gasteiger partial charge on any atom is -0.490 e. The van der Waals surface area contributed by atoms with Gasteiger partial charge in [0.15, 0.2) is 5.82 Å². The van der Waals surface area contributed by atoms with Gasteiger partial charge in [-0.25, -0.2) is 13.8 Å². The van der Waals surface area contributed by atoms with Crippen molar-refractivity contribution in [1.29, 1.82) is 5.41 Å². The highest BCUT2D eigenvalue weighted by molar-refractivity contribution is 6.32. The van der Waals surface area contributed by atoms with Crippen molar-refractivity contribution in [2.45, 2.75) is 94.7 Å². The SMILES string of the molecule is CNC(=O)c1cnc(/C(=C\C(=N)N2CCc3c(-c4ccc(CN5CCC(N6CCC7(CCC(Oc8ccc(C9CCC(=O)NC9=O)c(Cl)c8)CC7)CC6)C(F)(F)C5)cn4)cccc32)NC)[nH]1. The fourth-order valence-electron chi connectivity index (χ4n) is 10.8. The number of H-pyrrole nitrogens is 1. The highest BCUT2D eigenvalue weighted by Gasteiger charge is 2.49. The number of amidine groups is 1. The minimum absolute atomic E-state index is 0.0431. The van der Waals surface area contributed by atoms with Gasteiger partial charge >= 0.3 is 0 Å². The van der Waals surface area contributed by atoms with Gasteiger partial charge in [0.05, 0.1) is 42.2 Å². The predicted octanol–water partition coefficient (Wildman–Crippen LogP) is 6.92. The van der Waals surface area contributed by atoms with Crippen molar-refractivity contribution in [3.63, 3.8) is 0 Å². The third-order valence-electron chi connectivity index (χ3n) is 14.5. The van der Waals surface area contributed by atoms with E-state index < -0.39 is 17.9 Å². The maximum atomic E-state index is 16.0. The zero-order valence-corrected chi connectivity index (χ0v) is 38.2. The number of ether oxygens (including phenoxy) is 1. The molecular weight excluding hydrogens is 866 g/mol. The first-order valence-electron chi connectivity index (χ1n) is 23.1. The number of benzene rings is 2. The van der Waals surface area contributed by atoms with Gasteiger partial charge in [0.1, 0.15) is 17.3 Å². The molecule has 1 aliphatic carbocycles. The average Bonchev–Trinajstić information content (AvgIpc) is 3.99. The first kappa shape index (κ1) is 45.4. The van der Waals surface area contributed by atoms with Crippen LogP contribution in [-0.2, 0) is 22.6 Å². The van der Waals surface area contributed by atoms with Crippen molar-refractivity contribution in [3.8, 4) is 17.0 Å². The summed E-state index contributed by atoms with van der Waals surface area (Å²) in [6, 6.07) is 14.6. The van der Waals surface area contributed by atoms with Gasteiger partial charge in [-0.3, -0.25) is 39.9 Å². The lowest BCUT2D eigenvalue weighted by molar-refractivity contribution is -0.139. The number of halogens is 3. The number of nitrogens with one attached hydrogen (secondary N) is 5. The van der Waals surface area contributed by atoms with Gasteiger partial charge in [-0.05, 0) is 117 Å². The summed E-state index contributed by atoms with van der Waals surface area (Å²) in [4.78, 5) is 54.0. The first-order chi connectivity index (χ1) is 31.8. The molecule has 2 aromatic heterocycles. The number of imidazole rings is 1. The molecule has 1 saturated carbocycles. The molecule has 348 valence electrons. The van der Waals surface area contributed by atoms with E-state index in [1.54, 1.807) is 32.4 Å². The van der Waals surface area contributed by atoms with Gasteiger partial charge in [-0.15, -0.1) is 0 Å². The average molecular weight is 924 g/mol. The molecule has 3 amide bonds. The molecule has 2 aromatic carbocycles. The van der Waals surface area contributed by atoms with Crippen molar-refractivity contribution < 1.29 is 27.9 Å². The molecule has 0 bridgehead atoms. The second-order valence-electron chi connectivity index (χ2n) is 18.5. The molecule has 3 saturated heterocycles. The highest BCUT2D eigenvalue weighted by atomic mass is 35.5. The smallest absolute Gasteiger partial charge is 0.275 e. The zero-order chi connectivity index (χ0) is 46.2. The van der Waals surface area contributed by atoms with E-state index in [0.717, 1.165) is 73.0 Å². The molecule has 9 rings (SSSR count). The van der Waals surface area contributed by atoms with E-state index in [1.165, 1.54) is 6.20 Å². The van der Waals surface area contributed by atoms with E-state index in [9.17, 15) is 14.4 Å². The number of aromatic nitrogens is 3. The fourth-order valence-corrected chi connectivity index (χ4v) is 11.1. The Hall–Kier alpha value is -5.71. The quantitative estimate of drug-likeness (QED) is 0.0605. The Morgan fingerprint density at radius 2 is 1.76 bits per heavy atom. The van der Waals surface area contributed by atoms with Gasteiger partial charge < -0.3 is 25.3 Å². The molecule has 17 heteroatoms. The number of amides is 3. The second-order valence-corrected chi connectivity index (χ2v) is 18.9. The Kier molecular flexibility index (Phi) is 13.0. The summed E-state index contributed by atoms with van der Waals surface area (Å²) in [5.41, 5.74) is 6.42. The number of hydrogen-bond acceptors (Lipinski definition) is 10. The number of carbonyl (C=O) groups excluding carboxylic acids is 3. The van der Waals surface area contributed by atoms with Gasteiger partial charge in [-0.1, -0.05) is 35.9 Å². The van der Waals surface area contributed by atoms with E-state index >= 15 is 8.78 Å². The number of imide groups is 1.